The van der Waals surface area contributed by atoms with Gasteiger partial charge in [-0.05, 0) is 13.0 Å². The van der Waals surface area contributed by atoms with Crippen molar-refractivity contribution in [3.8, 4) is 17.3 Å². The lowest BCUT2D eigenvalue weighted by atomic mass is 10.3. The van der Waals surface area contributed by atoms with Gasteiger partial charge in [-0.15, -0.1) is 0 Å². The summed E-state index contributed by atoms with van der Waals surface area (Å²) in [4.78, 5) is 11.6. The highest BCUT2D eigenvalue weighted by Gasteiger charge is 2.35. The Bertz CT molecular complexity index is 817. The quantitative estimate of drug-likeness (QED) is 0.741. The molecule has 6 nitrogen and oxygen atoms in total. The number of pyridine rings is 1. The summed E-state index contributed by atoms with van der Waals surface area (Å²) >= 11 is 0. The minimum atomic E-state index is -4.59. The van der Waals surface area contributed by atoms with Gasteiger partial charge < -0.3 is 4.74 Å². The molecular formula is C14H10F3N5O. The van der Waals surface area contributed by atoms with Crippen molar-refractivity contribution in [3.05, 3.63) is 54.5 Å². The Labute approximate surface area is 128 Å². The number of hydrogen-bond donors (Lipinski definition) is 0. The predicted octanol–water partition coefficient (Wildman–Crippen LogP) is 3.18. The molecule has 0 aliphatic rings. The molecule has 3 aromatic rings. The van der Waals surface area contributed by atoms with Gasteiger partial charge in [0.25, 0.3) is 0 Å². The van der Waals surface area contributed by atoms with Crippen LogP contribution in [-0.2, 0) is 6.18 Å². The number of aromatic nitrogens is 5. The molecule has 0 radical (unpaired) electrons. The second kappa shape index (κ2) is 5.67. The third-order valence-electron chi connectivity index (χ3n) is 2.85. The van der Waals surface area contributed by atoms with Crippen LogP contribution in [0.1, 0.15) is 11.4 Å². The normalized spacial score (nSPS) is 11.5. The van der Waals surface area contributed by atoms with E-state index in [1.165, 1.54) is 24.9 Å². The van der Waals surface area contributed by atoms with E-state index in [-0.39, 0.29) is 11.6 Å². The van der Waals surface area contributed by atoms with Crippen molar-refractivity contribution < 1.29 is 17.9 Å². The molecule has 0 amide bonds. The molecule has 3 heterocycles. The highest BCUT2D eigenvalue weighted by Crippen LogP contribution is 2.33. The predicted molar refractivity (Wildman–Crippen MR) is 73.2 cm³/mol. The topological polar surface area (TPSA) is 65.7 Å². The molecule has 23 heavy (non-hydrogen) atoms. The van der Waals surface area contributed by atoms with Crippen molar-refractivity contribution in [2.45, 2.75) is 13.1 Å². The van der Waals surface area contributed by atoms with E-state index in [2.05, 4.69) is 20.1 Å². The Morgan fingerprint density at radius 3 is 2.52 bits per heavy atom. The SMILES string of the molecule is Cc1cc(Oc2cc(C(F)(F)F)nn2-c2cncnc2)ccn1. The first-order valence-electron chi connectivity index (χ1n) is 6.46. The number of rotatable bonds is 3. The molecule has 0 unspecified atom stereocenters. The van der Waals surface area contributed by atoms with Crippen molar-refractivity contribution in [2.24, 2.45) is 0 Å². The Kier molecular flexibility index (Phi) is 3.68. The molecule has 0 aliphatic carbocycles. The molecule has 0 saturated heterocycles. The number of hydrogen-bond acceptors (Lipinski definition) is 5. The maximum atomic E-state index is 12.9. The highest BCUT2D eigenvalue weighted by molar-refractivity contribution is 5.35. The van der Waals surface area contributed by atoms with Gasteiger partial charge in [0.15, 0.2) is 5.69 Å². The number of alkyl halides is 3. The second-order valence-electron chi connectivity index (χ2n) is 4.61. The lowest BCUT2D eigenvalue weighted by molar-refractivity contribution is -0.141. The number of nitrogens with zero attached hydrogens (tertiary/aromatic N) is 5. The van der Waals surface area contributed by atoms with Gasteiger partial charge in [0.2, 0.25) is 5.88 Å². The van der Waals surface area contributed by atoms with Crippen molar-refractivity contribution >= 4 is 0 Å². The van der Waals surface area contributed by atoms with Crippen LogP contribution >= 0.6 is 0 Å². The first-order chi connectivity index (χ1) is 10.9. The molecule has 118 valence electrons. The molecular weight excluding hydrogens is 311 g/mol. The zero-order valence-corrected chi connectivity index (χ0v) is 11.8. The van der Waals surface area contributed by atoms with Gasteiger partial charge in [-0.2, -0.15) is 23.0 Å². The maximum Gasteiger partial charge on any atom is 0.435 e. The van der Waals surface area contributed by atoms with Gasteiger partial charge in [0.05, 0.1) is 12.4 Å². The number of halogens is 3. The largest absolute Gasteiger partial charge is 0.439 e. The Hall–Kier alpha value is -2.97. The van der Waals surface area contributed by atoms with Crippen molar-refractivity contribution in [1.82, 2.24) is 24.7 Å². The minimum absolute atomic E-state index is 0.0993. The molecule has 0 bridgehead atoms. The summed E-state index contributed by atoms with van der Waals surface area (Å²) in [6.45, 7) is 1.75. The van der Waals surface area contributed by atoms with Crippen LogP contribution in [0.2, 0.25) is 0 Å². The van der Waals surface area contributed by atoms with E-state index >= 15 is 0 Å². The standard InChI is InChI=1S/C14H10F3N5O/c1-9-4-11(2-3-20-9)23-13-5-12(14(15,16)17)21-22(13)10-6-18-8-19-7-10/h2-8H,1H3. The lowest BCUT2D eigenvalue weighted by Gasteiger charge is -2.08. The third kappa shape index (κ3) is 3.28. The molecule has 0 fully saturated rings. The molecule has 3 aromatic heterocycles. The smallest absolute Gasteiger partial charge is 0.435 e. The monoisotopic (exact) mass is 321 g/mol. The van der Waals surface area contributed by atoms with E-state index in [0.717, 1.165) is 10.7 Å². The minimum Gasteiger partial charge on any atom is -0.439 e. The van der Waals surface area contributed by atoms with Gasteiger partial charge in [0.1, 0.15) is 17.8 Å². The lowest BCUT2D eigenvalue weighted by Crippen LogP contribution is -2.07. The summed E-state index contributed by atoms with van der Waals surface area (Å²) in [7, 11) is 0. The van der Waals surface area contributed by atoms with Gasteiger partial charge in [-0.3, -0.25) is 4.98 Å². The molecule has 0 atom stereocenters. The van der Waals surface area contributed by atoms with E-state index in [1.807, 2.05) is 0 Å². The Morgan fingerprint density at radius 1 is 1.13 bits per heavy atom. The van der Waals surface area contributed by atoms with Crippen LogP contribution in [0.5, 0.6) is 11.6 Å². The summed E-state index contributed by atoms with van der Waals surface area (Å²) in [6.07, 6.45) is 0.856. The van der Waals surface area contributed by atoms with Crippen LogP contribution in [0.4, 0.5) is 13.2 Å². The van der Waals surface area contributed by atoms with E-state index in [1.54, 1.807) is 19.1 Å². The van der Waals surface area contributed by atoms with E-state index in [0.29, 0.717) is 11.4 Å². The number of aryl methyl sites for hydroxylation is 1. The molecule has 9 heteroatoms. The third-order valence-corrected chi connectivity index (χ3v) is 2.85. The molecule has 0 spiro atoms. The fraction of sp³-hybridized carbons (Fsp3) is 0.143. The van der Waals surface area contributed by atoms with Crippen molar-refractivity contribution in [2.75, 3.05) is 0 Å². The molecule has 3 rings (SSSR count). The van der Waals surface area contributed by atoms with Crippen molar-refractivity contribution in [3.63, 3.8) is 0 Å². The maximum absolute atomic E-state index is 12.9. The summed E-state index contributed by atoms with van der Waals surface area (Å²) in [5.41, 5.74) is -0.140. The summed E-state index contributed by atoms with van der Waals surface area (Å²) < 4.78 is 45.3. The first-order valence-corrected chi connectivity index (χ1v) is 6.46. The Morgan fingerprint density at radius 2 is 1.87 bits per heavy atom. The first kappa shape index (κ1) is 14.9. The van der Waals surface area contributed by atoms with E-state index < -0.39 is 11.9 Å². The van der Waals surface area contributed by atoms with Crippen LogP contribution in [0.25, 0.3) is 5.69 Å². The molecule has 0 aromatic carbocycles. The molecule has 0 N–H and O–H groups in total. The zero-order chi connectivity index (χ0) is 16.4. The fourth-order valence-corrected chi connectivity index (χ4v) is 1.86. The summed E-state index contributed by atoms with van der Waals surface area (Å²) in [5.74, 6) is 0.252. The van der Waals surface area contributed by atoms with Crippen LogP contribution in [-0.4, -0.2) is 24.7 Å². The molecule has 0 aliphatic heterocycles. The van der Waals surface area contributed by atoms with Gasteiger partial charge in [-0.1, -0.05) is 0 Å². The van der Waals surface area contributed by atoms with Crippen LogP contribution in [0.3, 0.4) is 0 Å². The second-order valence-corrected chi connectivity index (χ2v) is 4.61. The summed E-state index contributed by atoms with van der Waals surface area (Å²) in [6, 6.07) is 3.97. The summed E-state index contributed by atoms with van der Waals surface area (Å²) in [5, 5.41) is 3.54. The van der Waals surface area contributed by atoms with Gasteiger partial charge >= 0.3 is 6.18 Å². The van der Waals surface area contributed by atoms with Gasteiger partial charge in [0, 0.05) is 24.0 Å². The van der Waals surface area contributed by atoms with Crippen LogP contribution in [0.15, 0.2) is 43.1 Å². The highest BCUT2D eigenvalue weighted by atomic mass is 19.4. The van der Waals surface area contributed by atoms with Crippen LogP contribution in [0, 0.1) is 6.92 Å². The average molecular weight is 321 g/mol. The number of ether oxygens (including phenoxy) is 1. The van der Waals surface area contributed by atoms with Gasteiger partial charge in [-0.25, -0.2) is 9.97 Å². The van der Waals surface area contributed by atoms with E-state index in [9.17, 15) is 13.2 Å². The zero-order valence-electron chi connectivity index (χ0n) is 11.8. The van der Waals surface area contributed by atoms with E-state index in [4.69, 9.17) is 4.74 Å². The molecule has 0 saturated carbocycles. The average Bonchev–Trinajstić information content (AvgIpc) is 2.92. The van der Waals surface area contributed by atoms with Crippen LogP contribution < -0.4 is 4.74 Å². The fourth-order valence-electron chi connectivity index (χ4n) is 1.86. The Balaban J connectivity index is 2.05. The van der Waals surface area contributed by atoms with Crippen molar-refractivity contribution in [1.29, 1.82) is 0 Å².